The fourth-order valence-corrected chi connectivity index (χ4v) is 2.09. The topological polar surface area (TPSA) is 53.6 Å². The molecule has 20 heavy (non-hydrogen) atoms. The van der Waals surface area contributed by atoms with E-state index in [2.05, 4.69) is 36.5 Å². The van der Waals surface area contributed by atoms with Crippen molar-refractivity contribution in [2.45, 2.75) is 39.4 Å². The van der Waals surface area contributed by atoms with Crippen LogP contribution in [0.1, 0.15) is 36.6 Å². The molecule has 0 amide bonds. The number of hydrogen-bond donors (Lipinski definition) is 1. The molecule has 0 aliphatic carbocycles. The summed E-state index contributed by atoms with van der Waals surface area (Å²) in [6, 6.07) is 10.4. The Balaban J connectivity index is 1.94. The van der Waals surface area contributed by atoms with Crippen molar-refractivity contribution in [3.8, 4) is 6.07 Å². The van der Waals surface area contributed by atoms with Gasteiger partial charge in [-0.05, 0) is 44.0 Å². The first-order valence-corrected chi connectivity index (χ1v) is 6.83. The van der Waals surface area contributed by atoms with Crippen molar-refractivity contribution in [3.63, 3.8) is 0 Å². The summed E-state index contributed by atoms with van der Waals surface area (Å²) < 4.78 is 1.98. The SMILES string of the molecule is Cc1cnn([C@@H](C)[C@H](C)NCc2cccc(C#N)c2)c1. The van der Waals surface area contributed by atoms with E-state index in [0.717, 1.165) is 12.1 Å². The van der Waals surface area contributed by atoms with Crippen LogP contribution in [-0.2, 0) is 6.54 Å². The summed E-state index contributed by atoms with van der Waals surface area (Å²) in [5.74, 6) is 0. The van der Waals surface area contributed by atoms with E-state index < -0.39 is 0 Å². The number of nitrogens with one attached hydrogen (secondary N) is 1. The molecule has 0 bridgehead atoms. The van der Waals surface area contributed by atoms with Crippen LogP contribution in [-0.4, -0.2) is 15.8 Å². The zero-order chi connectivity index (χ0) is 14.5. The summed E-state index contributed by atoms with van der Waals surface area (Å²) in [6.45, 7) is 7.09. The van der Waals surface area contributed by atoms with Gasteiger partial charge in [-0.3, -0.25) is 4.68 Å². The van der Waals surface area contributed by atoms with Crippen molar-refractivity contribution in [1.82, 2.24) is 15.1 Å². The number of benzene rings is 1. The lowest BCUT2D eigenvalue weighted by Gasteiger charge is -2.22. The van der Waals surface area contributed by atoms with Gasteiger partial charge < -0.3 is 5.32 Å². The van der Waals surface area contributed by atoms with Crippen LogP contribution in [0.2, 0.25) is 0 Å². The molecule has 1 aromatic carbocycles. The second-order valence-corrected chi connectivity index (χ2v) is 5.22. The van der Waals surface area contributed by atoms with Gasteiger partial charge in [-0.2, -0.15) is 10.4 Å². The summed E-state index contributed by atoms with van der Waals surface area (Å²) in [4.78, 5) is 0. The van der Waals surface area contributed by atoms with E-state index in [4.69, 9.17) is 5.26 Å². The molecule has 0 unspecified atom stereocenters. The molecule has 0 fully saturated rings. The van der Waals surface area contributed by atoms with Crippen molar-refractivity contribution >= 4 is 0 Å². The van der Waals surface area contributed by atoms with Gasteiger partial charge in [0.1, 0.15) is 0 Å². The molecule has 1 aromatic heterocycles. The second kappa shape index (κ2) is 6.36. The molecule has 1 N–H and O–H groups in total. The minimum atomic E-state index is 0.280. The van der Waals surface area contributed by atoms with Crippen molar-refractivity contribution < 1.29 is 0 Å². The highest BCUT2D eigenvalue weighted by molar-refractivity contribution is 5.32. The summed E-state index contributed by atoms with van der Waals surface area (Å²) in [7, 11) is 0. The standard InChI is InChI=1S/C16H20N4/c1-12-9-19-20(11-12)14(3)13(2)18-10-16-6-4-5-15(7-16)8-17/h4-7,9,11,13-14,18H,10H2,1-3H3/t13-,14-/m0/s1. The van der Waals surface area contributed by atoms with Crippen molar-refractivity contribution in [2.75, 3.05) is 0 Å². The van der Waals surface area contributed by atoms with Crippen LogP contribution in [0, 0.1) is 18.3 Å². The summed E-state index contributed by atoms with van der Waals surface area (Å²) in [5.41, 5.74) is 3.00. The first kappa shape index (κ1) is 14.3. The third-order valence-corrected chi connectivity index (χ3v) is 3.56. The maximum atomic E-state index is 8.90. The third-order valence-electron chi connectivity index (χ3n) is 3.56. The van der Waals surface area contributed by atoms with E-state index in [1.165, 1.54) is 5.56 Å². The van der Waals surface area contributed by atoms with Gasteiger partial charge in [-0.1, -0.05) is 12.1 Å². The largest absolute Gasteiger partial charge is 0.308 e. The maximum absolute atomic E-state index is 8.90. The molecule has 2 rings (SSSR count). The third kappa shape index (κ3) is 3.46. The molecule has 0 spiro atoms. The van der Waals surface area contributed by atoms with Gasteiger partial charge in [-0.15, -0.1) is 0 Å². The van der Waals surface area contributed by atoms with E-state index in [-0.39, 0.29) is 6.04 Å². The average molecular weight is 268 g/mol. The van der Waals surface area contributed by atoms with Gasteiger partial charge in [0.25, 0.3) is 0 Å². The van der Waals surface area contributed by atoms with Gasteiger partial charge >= 0.3 is 0 Å². The predicted octanol–water partition coefficient (Wildman–Crippen LogP) is 2.80. The fraction of sp³-hybridized carbons (Fsp3) is 0.375. The quantitative estimate of drug-likeness (QED) is 0.907. The van der Waals surface area contributed by atoms with Gasteiger partial charge in [0, 0.05) is 18.8 Å². The number of nitriles is 1. The zero-order valence-electron chi connectivity index (χ0n) is 12.2. The first-order chi connectivity index (χ1) is 9.60. The number of rotatable bonds is 5. The molecule has 0 radical (unpaired) electrons. The Morgan fingerprint density at radius 1 is 1.40 bits per heavy atom. The maximum Gasteiger partial charge on any atom is 0.0991 e. The Hall–Kier alpha value is -2.12. The number of aromatic nitrogens is 2. The normalized spacial score (nSPS) is 13.7. The summed E-state index contributed by atoms with van der Waals surface area (Å²) in [5, 5.41) is 16.7. The van der Waals surface area contributed by atoms with E-state index in [0.29, 0.717) is 11.6 Å². The number of hydrogen-bond acceptors (Lipinski definition) is 3. The first-order valence-electron chi connectivity index (χ1n) is 6.83. The van der Waals surface area contributed by atoms with Crippen LogP contribution >= 0.6 is 0 Å². The van der Waals surface area contributed by atoms with Gasteiger partial charge in [0.2, 0.25) is 0 Å². The van der Waals surface area contributed by atoms with Crippen LogP contribution < -0.4 is 5.32 Å². The lowest BCUT2D eigenvalue weighted by molar-refractivity contribution is 0.365. The Labute approximate surface area is 120 Å². The highest BCUT2D eigenvalue weighted by Gasteiger charge is 2.14. The zero-order valence-corrected chi connectivity index (χ0v) is 12.2. The average Bonchev–Trinajstić information content (AvgIpc) is 2.90. The number of aryl methyl sites for hydroxylation is 1. The highest BCUT2D eigenvalue weighted by Crippen LogP contribution is 2.12. The Morgan fingerprint density at radius 2 is 2.20 bits per heavy atom. The van der Waals surface area contributed by atoms with Crippen LogP contribution in [0.4, 0.5) is 0 Å². The molecule has 0 saturated carbocycles. The Bertz CT molecular complexity index is 609. The fourth-order valence-electron chi connectivity index (χ4n) is 2.09. The smallest absolute Gasteiger partial charge is 0.0991 e. The molecule has 0 saturated heterocycles. The van der Waals surface area contributed by atoms with Crippen LogP contribution in [0.15, 0.2) is 36.7 Å². The molecule has 0 aliphatic rings. The second-order valence-electron chi connectivity index (χ2n) is 5.22. The van der Waals surface area contributed by atoms with Crippen molar-refractivity contribution in [3.05, 3.63) is 53.3 Å². The molecule has 2 aromatic rings. The molecular weight excluding hydrogens is 248 g/mol. The van der Waals surface area contributed by atoms with Crippen LogP contribution in [0.5, 0.6) is 0 Å². The van der Waals surface area contributed by atoms with Crippen LogP contribution in [0.25, 0.3) is 0 Å². The van der Waals surface area contributed by atoms with Crippen molar-refractivity contribution in [1.29, 1.82) is 5.26 Å². The van der Waals surface area contributed by atoms with E-state index in [1.807, 2.05) is 42.1 Å². The lowest BCUT2D eigenvalue weighted by atomic mass is 10.1. The van der Waals surface area contributed by atoms with Crippen molar-refractivity contribution in [2.24, 2.45) is 0 Å². The molecule has 104 valence electrons. The number of nitrogens with zero attached hydrogens (tertiary/aromatic N) is 3. The highest BCUT2D eigenvalue weighted by atomic mass is 15.3. The summed E-state index contributed by atoms with van der Waals surface area (Å²) in [6.07, 6.45) is 3.93. The monoisotopic (exact) mass is 268 g/mol. The molecule has 0 aliphatic heterocycles. The van der Waals surface area contributed by atoms with E-state index in [1.54, 1.807) is 0 Å². The van der Waals surface area contributed by atoms with E-state index >= 15 is 0 Å². The minimum absolute atomic E-state index is 0.280. The minimum Gasteiger partial charge on any atom is -0.308 e. The van der Waals surface area contributed by atoms with Crippen LogP contribution in [0.3, 0.4) is 0 Å². The van der Waals surface area contributed by atoms with Gasteiger partial charge in [0.05, 0.1) is 23.9 Å². The molecular formula is C16H20N4. The molecule has 4 nitrogen and oxygen atoms in total. The Morgan fingerprint density at radius 3 is 2.85 bits per heavy atom. The molecule has 4 heteroatoms. The van der Waals surface area contributed by atoms with Gasteiger partial charge in [0.15, 0.2) is 0 Å². The summed E-state index contributed by atoms with van der Waals surface area (Å²) >= 11 is 0. The molecule has 1 heterocycles. The lowest BCUT2D eigenvalue weighted by Crippen LogP contribution is -2.33. The van der Waals surface area contributed by atoms with Gasteiger partial charge in [-0.25, -0.2) is 0 Å². The predicted molar refractivity (Wildman–Crippen MR) is 79.1 cm³/mol. The van der Waals surface area contributed by atoms with E-state index in [9.17, 15) is 0 Å². The Kier molecular flexibility index (Phi) is 4.54. The molecule has 2 atom stereocenters.